The third-order valence-corrected chi connectivity index (χ3v) is 12.6. The van der Waals surface area contributed by atoms with E-state index in [9.17, 15) is 0 Å². The molecule has 272 valence electrons. The first-order chi connectivity index (χ1) is 28.8. The molecule has 0 saturated carbocycles. The van der Waals surface area contributed by atoms with E-state index in [0.29, 0.717) is 0 Å². The van der Waals surface area contributed by atoms with Gasteiger partial charge in [-0.15, -0.1) is 0 Å². The number of nitrogens with zero attached hydrogens (tertiary/aromatic N) is 4. The van der Waals surface area contributed by atoms with Crippen LogP contribution in [0.4, 0.5) is 0 Å². The number of hydrogen-bond donors (Lipinski definition) is 0. The molecular weight excluding hydrogens is 705 g/mol. The summed E-state index contributed by atoms with van der Waals surface area (Å²) in [5.74, 6) is 0. The highest BCUT2D eigenvalue weighted by molar-refractivity contribution is 6.26. The number of hydrogen-bond acceptors (Lipinski definition) is 0. The van der Waals surface area contributed by atoms with Crippen molar-refractivity contribution in [1.82, 2.24) is 18.3 Å². The standard InChI is InChI=1S/C54H36N4/c1-3-15-35(16-4-1)55-50-32-31-44-43-29-27-37(56-46-23-11-7-19-39(46)40-20-8-12-24-47(40)56)33-51(43)58(36-17-5-2-6-18-36)54(44)53(50)45-30-28-38(34-52(45)55)57-48-25-13-9-21-41(48)42-22-10-14-26-49(42)57/h1-13,15-25,27-34H,14,26H2. The fourth-order valence-electron chi connectivity index (χ4n) is 10.2. The molecule has 4 heteroatoms. The summed E-state index contributed by atoms with van der Waals surface area (Å²) in [5.41, 5.74) is 15.8. The van der Waals surface area contributed by atoms with E-state index in [4.69, 9.17) is 0 Å². The summed E-state index contributed by atoms with van der Waals surface area (Å²) in [5, 5.41) is 8.81. The van der Waals surface area contributed by atoms with Gasteiger partial charge >= 0.3 is 0 Å². The molecule has 1 aliphatic carbocycles. The van der Waals surface area contributed by atoms with Crippen molar-refractivity contribution in [3.8, 4) is 22.7 Å². The number of rotatable bonds is 4. The van der Waals surface area contributed by atoms with E-state index in [1.165, 1.54) is 93.3 Å². The zero-order chi connectivity index (χ0) is 37.9. The Balaban J connectivity index is 1.15. The highest BCUT2D eigenvalue weighted by Gasteiger charge is 2.24. The van der Waals surface area contributed by atoms with Crippen LogP contribution in [0.2, 0.25) is 0 Å². The van der Waals surface area contributed by atoms with Crippen LogP contribution in [0.1, 0.15) is 17.7 Å². The fraction of sp³-hybridized carbons (Fsp3) is 0.0370. The van der Waals surface area contributed by atoms with Gasteiger partial charge in [-0.2, -0.15) is 0 Å². The Morgan fingerprint density at radius 3 is 1.52 bits per heavy atom. The minimum Gasteiger partial charge on any atom is -0.313 e. The maximum Gasteiger partial charge on any atom is 0.0641 e. The summed E-state index contributed by atoms with van der Waals surface area (Å²) in [4.78, 5) is 0. The Labute approximate surface area is 334 Å². The molecule has 0 N–H and O–H groups in total. The van der Waals surface area contributed by atoms with Crippen LogP contribution in [-0.2, 0) is 6.42 Å². The molecule has 4 aromatic heterocycles. The van der Waals surface area contributed by atoms with Gasteiger partial charge in [-0.05, 0) is 85.6 Å². The molecule has 0 saturated heterocycles. The smallest absolute Gasteiger partial charge is 0.0641 e. The van der Waals surface area contributed by atoms with Crippen molar-refractivity contribution in [2.24, 2.45) is 0 Å². The quantitative estimate of drug-likeness (QED) is 0.171. The maximum absolute atomic E-state index is 2.51. The second kappa shape index (κ2) is 12.0. The molecule has 0 fully saturated rings. The molecule has 0 atom stereocenters. The molecule has 4 heterocycles. The Bertz CT molecular complexity index is 3610. The molecule has 0 amide bonds. The molecule has 0 bridgehead atoms. The first kappa shape index (κ1) is 31.6. The Kier molecular flexibility index (Phi) is 6.53. The lowest BCUT2D eigenvalue weighted by Crippen LogP contribution is -2.03. The molecule has 4 nitrogen and oxygen atoms in total. The molecular formula is C54H36N4. The van der Waals surface area contributed by atoms with E-state index < -0.39 is 0 Å². The predicted molar refractivity (Wildman–Crippen MR) is 244 cm³/mol. The number of fused-ring (bicyclic) bond motifs is 13. The van der Waals surface area contributed by atoms with Crippen molar-refractivity contribution in [2.45, 2.75) is 12.8 Å². The monoisotopic (exact) mass is 740 g/mol. The first-order valence-electron chi connectivity index (χ1n) is 20.3. The fourth-order valence-corrected chi connectivity index (χ4v) is 10.2. The van der Waals surface area contributed by atoms with Crippen LogP contribution in [0.25, 0.3) is 105 Å². The molecule has 13 rings (SSSR count). The SMILES string of the molecule is C1=Cc2c(n(-c3ccc4c5c(ccc6c7ccc(-n8c9ccccc9c9ccccc98)cc7n(-c7ccccc7)c65)n(-c5ccccc5)c4c3)c3ccccc23)CC1. The minimum atomic E-state index is 1.02. The zero-order valence-corrected chi connectivity index (χ0v) is 31.7. The first-order valence-corrected chi connectivity index (χ1v) is 20.3. The van der Waals surface area contributed by atoms with Crippen LogP contribution >= 0.6 is 0 Å². The Morgan fingerprint density at radius 2 is 0.828 bits per heavy atom. The number of benzene rings is 8. The van der Waals surface area contributed by atoms with E-state index in [1.807, 2.05) is 0 Å². The second-order valence-electron chi connectivity index (χ2n) is 15.6. The van der Waals surface area contributed by atoms with Gasteiger partial charge in [0, 0.05) is 71.7 Å². The van der Waals surface area contributed by atoms with E-state index in [1.54, 1.807) is 0 Å². The van der Waals surface area contributed by atoms with Crippen LogP contribution in [0.3, 0.4) is 0 Å². The summed E-state index contributed by atoms with van der Waals surface area (Å²) in [7, 11) is 0. The van der Waals surface area contributed by atoms with Gasteiger partial charge in [0.1, 0.15) is 0 Å². The lowest BCUT2D eigenvalue weighted by molar-refractivity contribution is 0.889. The third kappa shape index (κ3) is 4.29. The Morgan fingerprint density at radius 1 is 0.328 bits per heavy atom. The summed E-state index contributed by atoms with van der Waals surface area (Å²) in [6.45, 7) is 0. The molecule has 58 heavy (non-hydrogen) atoms. The van der Waals surface area contributed by atoms with Gasteiger partial charge in [-0.25, -0.2) is 0 Å². The van der Waals surface area contributed by atoms with Crippen molar-refractivity contribution in [2.75, 3.05) is 0 Å². The molecule has 1 aliphatic rings. The van der Waals surface area contributed by atoms with Crippen LogP contribution < -0.4 is 0 Å². The predicted octanol–water partition coefficient (Wildman–Crippen LogP) is 13.9. The molecule has 0 radical (unpaired) electrons. The largest absolute Gasteiger partial charge is 0.313 e. The molecule has 8 aromatic carbocycles. The van der Waals surface area contributed by atoms with Crippen LogP contribution in [0, 0.1) is 0 Å². The second-order valence-corrected chi connectivity index (χ2v) is 15.6. The van der Waals surface area contributed by atoms with Gasteiger partial charge in [0.25, 0.3) is 0 Å². The van der Waals surface area contributed by atoms with Crippen LogP contribution in [-0.4, -0.2) is 18.3 Å². The molecule has 0 spiro atoms. The highest BCUT2D eigenvalue weighted by Crippen LogP contribution is 2.44. The van der Waals surface area contributed by atoms with Gasteiger partial charge in [0.2, 0.25) is 0 Å². The minimum absolute atomic E-state index is 1.02. The summed E-state index contributed by atoms with van der Waals surface area (Å²) in [6.07, 6.45) is 6.71. The highest BCUT2D eigenvalue weighted by atomic mass is 15.0. The van der Waals surface area contributed by atoms with Crippen molar-refractivity contribution < 1.29 is 0 Å². The lowest BCUT2D eigenvalue weighted by atomic mass is 10.0. The summed E-state index contributed by atoms with van der Waals surface area (Å²) < 4.78 is 9.92. The topological polar surface area (TPSA) is 19.7 Å². The van der Waals surface area contributed by atoms with E-state index >= 15 is 0 Å². The van der Waals surface area contributed by atoms with Crippen molar-refractivity contribution in [3.05, 3.63) is 199 Å². The van der Waals surface area contributed by atoms with Crippen LogP contribution in [0.15, 0.2) is 188 Å². The average Bonchev–Trinajstić information content (AvgIpc) is 4.01. The lowest BCUT2D eigenvalue weighted by Gasteiger charge is -2.14. The van der Waals surface area contributed by atoms with E-state index in [-0.39, 0.29) is 0 Å². The molecule has 0 aliphatic heterocycles. The number of para-hydroxylation sites is 5. The molecule has 0 unspecified atom stereocenters. The maximum atomic E-state index is 2.51. The van der Waals surface area contributed by atoms with Gasteiger partial charge < -0.3 is 18.3 Å². The zero-order valence-electron chi connectivity index (χ0n) is 31.7. The number of allylic oxidation sites excluding steroid dienone is 1. The van der Waals surface area contributed by atoms with Gasteiger partial charge in [0.05, 0.1) is 38.6 Å². The summed E-state index contributed by atoms with van der Waals surface area (Å²) in [6, 6.07) is 67.1. The Hall–Kier alpha value is -7.56. The van der Waals surface area contributed by atoms with Crippen molar-refractivity contribution in [1.29, 1.82) is 0 Å². The van der Waals surface area contributed by atoms with Gasteiger partial charge in [-0.3, -0.25) is 0 Å². The van der Waals surface area contributed by atoms with E-state index in [0.717, 1.165) is 29.9 Å². The normalized spacial score (nSPS) is 13.0. The summed E-state index contributed by atoms with van der Waals surface area (Å²) >= 11 is 0. The van der Waals surface area contributed by atoms with Crippen molar-refractivity contribution >= 4 is 82.4 Å². The van der Waals surface area contributed by atoms with Crippen molar-refractivity contribution in [3.63, 3.8) is 0 Å². The van der Waals surface area contributed by atoms with Gasteiger partial charge in [0.15, 0.2) is 0 Å². The van der Waals surface area contributed by atoms with Crippen LogP contribution in [0.5, 0.6) is 0 Å². The number of aromatic nitrogens is 4. The van der Waals surface area contributed by atoms with Gasteiger partial charge in [-0.1, -0.05) is 121 Å². The third-order valence-electron chi connectivity index (χ3n) is 12.6. The van der Waals surface area contributed by atoms with E-state index in [2.05, 4.69) is 212 Å². The average molecular weight is 741 g/mol. The molecule has 12 aromatic rings.